The highest BCUT2D eigenvalue weighted by molar-refractivity contribution is 9.13. The first-order valence-corrected chi connectivity index (χ1v) is 7.92. The Morgan fingerprint density at radius 1 is 1.38 bits per heavy atom. The summed E-state index contributed by atoms with van der Waals surface area (Å²) < 4.78 is 2.24. The summed E-state index contributed by atoms with van der Waals surface area (Å²) in [6, 6.07) is 2.39. The fourth-order valence-electron chi connectivity index (χ4n) is 2.06. The lowest BCUT2D eigenvalue weighted by atomic mass is 9.92. The van der Waals surface area contributed by atoms with E-state index in [1.54, 1.807) is 11.3 Å². The van der Waals surface area contributed by atoms with Crippen LogP contribution in [0, 0.1) is 0 Å². The number of thiophene rings is 1. The maximum Gasteiger partial charge on any atom is 0.0843 e. The van der Waals surface area contributed by atoms with Gasteiger partial charge in [0.1, 0.15) is 0 Å². The molecule has 1 aliphatic carbocycles. The molecule has 16 heavy (non-hydrogen) atoms. The van der Waals surface area contributed by atoms with Crippen molar-refractivity contribution in [3.05, 3.63) is 19.2 Å². The van der Waals surface area contributed by atoms with Crippen molar-refractivity contribution in [2.75, 3.05) is 0 Å². The van der Waals surface area contributed by atoms with Crippen molar-refractivity contribution in [1.82, 2.24) is 5.32 Å². The Labute approximate surface area is 117 Å². The van der Waals surface area contributed by atoms with E-state index in [4.69, 9.17) is 0 Å². The SMILES string of the molecule is OC1CCCCC1NCc1cc(Br)c(Br)s1. The quantitative estimate of drug-likeness (QED) is 0.853. The van der Waals surface area contributed by atoms with Gasteiger partial charge in [-0.2, -0.15) is 0 Å². The average Bonchev–Trinajstić information content (AvgIpc) is 2.57. The van der Waals surface area contributed by atoms with Crippen LogP contribution in [0.4, 0.5) is 0 Å². The predicted octanol–water partition coefficient (Wildman–Crippen LogP) is 3.67. The van der Waals surface area contributed by atoms with Crippen LogP contribution in [0.25, 0.3) is 0 Å². The van der Waals surface area contributed by atoms with Crippen molar-refractivity contribution in [3.8, 4) is 0 Å². The third kappa shape index (κ3) is 3.29. The average molecular weight is 369 g/mol. The Morgan fingerprint density at radius 3 is 2.75 bits per heavy atom. The third-order valence-corrected chi connectivity index (χ3v) is 6.22. The van der Waals surface area contributed by atoms with E-state index in [0.29, 0.717) is 0 Å². The molecular formula is C11H15Br2NOS. The van der Waals surface area contributed by atoms with Crippen LogP contribution in [-0.2, 0) is 6.54 Å². The van der Waals surface area contributed by atoms with Crippen LogP contribution < -0.4 is 5.32 Å². The molecule has 2 atom stereocenters. The van der Waals surface area contributed by atoms with Crippen molar-refractivity contribution < 1.29 is 5.11 Å². The van der Waals surface area contributed by atoms with E-state index in [2.05, 4.69) is 43.2 Å². The molecule has 0 spiro atoms. The molecule has 0 saturated heterocycles. The maximum absolute atomic E-state index is 9.83. The second-order valence-corrected chi connectivity index (χ2v) is 7.48. The van der Waals surface area contributed by atoms with Crippen molar-refractivity contribution in [2.45, 2.75) is 44.4 Å². The van der Waals surface area contributed by atoms with Gasteiger partial charge >= 0.3 is 0 Å². The number of halogens is 2. The first-order chi connectivity index (χ1) is 7.66. The van der Waals surface area contributed by atoms with E-state index in [1.807, 2.05) is 0 Å². The molecule has 0 aliphatic heterocycles. The molecule has 0 radical (unpaired) electrons. The van der Waals surface area contributed by atoms with Gasteiger partial charge in [0, 0.05) is 21.9 Å². The summed E-state index contributed by atoms with van der Waals surface area (Å²) in [6.07, 6.45) is 4.26. The lowest BCUT2D eigenvalue weighted by Gasteiger charge is -2.28. The van der Waals surface area contributed by atoms with Crippen LogP contribution in [0.2, 0.25) is 0 Å². The van der Waals surface area contributed by atoms with Gasteiger partial charge in [0.2, 0.25) is 0 Å². The molecule has 0 aromatic carbocycles. The molecule has 1 aromatic rings. The molecule has 1 saturated carbocycles. The van der Waals surface area contributed by atoms with Crippen LogP contribution in [0.15, 0.2) is 14.3 Å². The van der Waals surface area contributed by atoms with Gasteiger partial charge in [-0.3, -0.25) is 0 Å². The molecule has 1 fully saturated rings. The Kier molecular flexibility index (Phi) is 4.85. The monoisotopic (exact) mass is 367 g/mol. The van der Waals surface area contributed by atoms with Crippen LogP contribution in [0.1, 0.15) is 30.6 Å². The normalized spacial score (nSPS) is 25.9. The molecule has 2 unspecified atom stereocenters. The summed E-state index contributed by atoms with van der Waals surface area (Å²) in [5.74, 6) is 0. The largest absolute Gasteiger partial charge is 0.392 e. The van der Waals surface area contributed by atoms with Crippen molar-refractivity contribution in [2.24, 2.45) is 0 Å². The highest BCUT2D eigenvalue weighted by atomic mass is 79.9. The molecule has 1 aliphatic rings. The molecule has 0 bridgehead atoms. The Morgan fingerprint density at radius 2 is 2.12 bits per heavy atom. The maximum atomic E-state index is 9.83. The fraction of sp³-hybridized carbons (Fsp3) is 0.636. The molecule has 1 heterocycles. The van der Waals surface area contributed by atoms with Gasteiger partial charge in [0.25, 0.3) is 0 Å². The first-order valence-electron chi connectivity index (χ1n) is 5.52. The summed E-state index contributed by atoms with van der Waals surface area (Å²) in [4.78, 5) is 1.29. The molecule has 2 rings (SSSR count). The number of hydrogen-bond donors (Lipinski definition) is 2. The number of nitrogens with one attached hydrogen (secondary N) is 1. The lowest BCUT2D eigenvalue weighted by Crippen LogP contribution is -2.41. The van der Waals surface area contributed by atoms with Gasteiger partial charge in [0.05, 0.1) is 9.89 Å². The van der Waals surface area contributed by atoms with Gasteiger partial charge < -0.3 is 10.4 Å². The van der Waals surface area contributed by atoms with E-state index < -0.39 is 0 Å². The Hall–Kier alpha value is 0.580. The third-order valence-electron chi connectivity index (χ3n) is 2.96. The van der Waals surface area contributed by atoms with E-state index in [0.717, 1.165) is 34.1 Å². The first kappa shape index (κ1) is 13.0. The second kappa shape index (κ2) is 5.96. The fourth-order valence-corrected chi connectivity index (χ4v) is 4.19. The Bertz CT molecular complexity index is 336. The molecule has 2 nitrogen and oxygen atoms in total. The van der Waals surface area contributed by atoms with Gasteiger partial charge in [-0.05, 0) is 50.8 Å². The summed E-state index contributed by atoms with van der Waals surface area (Å²) in [5, 5.41) is 13.3. The van der Waals surface area contributed by atoms with Crippen LogP contribution in [0.5, 0.6) is 0 Å². The molecule has 90 valence electrons. The minimum atomic E-state index is -0.166. The molecule has 1 aromatic heterocycles. The van der Waals surface area contributed by atoms with Crippen LogP contribution in [0.3, 0.4) is 0 Å². The van der Waals surface area contributed by atoms with Crippen molar-refractivity contribution in [3.63, 3.8) is 0 Å². The summed E-state index contributed by atoms with van der Waals surface area (Å²) in [7, 11) is 0. The predicted molar refractivity (Wildman–Crippen MR) is 74.8 cm³/mol. The summed E-state index contributed by atoms with van der Waals surface area (Å²) in [6.45, 7) is 0.844. The minimum Gasteiger partial charge on any atom is -0.392 e. The van der Waals surface area contributed by atoms with Gasteiger partial charge in [0.15, 0.2) is 0 Å². The van der Waals surface area contributed by atoms with Gasteiger partial charge in [-0.15, -0.1) is 11.3 Å². The van der Waals surface area contributed by atoms with Gasteiger partial charge in [-0.1, -0.05) is 12.8 Å². The zero-order valence-corrected chi connectivity index (χ0v) is 12.9. The van der Waals surface area contributed by atoms with E-state index >= 15 is 0 Å². The van der Waals surface area contributed by atoms with E-state index in [-0.39, 0.29) is 12.1 Å². The van der Waals surface area contributed by atoms with Crippen LogP contribution in [-0.4, -0.2) is 17.3 Å². The highest BCUT2D eigenvalue weighted by Crippen LogP contribution is 2.32. The second-order valence-electron chi connectivity index (χ2n) is 4.17. The number of aliphatic hydroxyl groups excluding tert-OH is 1. The minimum absolute atomic E-state index is 0.166. The zero-order valence-electron chi connectivity index (χ0n) is 8.88. The highest BCUT2D eigenvalue weighted by Gasteiger charge is 2.22. The lowest BCUT2D eigenvalue weighted by molar-refractivity contribution is 0.0904. The van der Waals surface area contributed by atoms with E-state index in [9.17, 15) is 5.11 Å². The Balaban J connectivity index is 1.86. The molecule has 0 amide bonds. The molecule has 5 heteroatoms. The summed E-state index contributed by atoms with van der Waals surface area (Å²) >= 11 is 8.70. The van der Waals surface area contributed by atoms with Crippen molar-refractivity contribution >= 4 is 43.2 Å². The smallest absolute Gasteiger partial charge is 0.0843 e. The molecular weight excluding hydrogens is 354 g/mol. The van der Waals surface area contributed by atoms with Gasteiger partial charge in [-0.25, -0.2) is 0 Å². The number of aliphatic hydroxyl groups is 1. The number of rotatable bonds is 3. The summed E-state index contributed by atoms with van der Waals surface area (Å²) in [5.41, 5.74) is 0. The van der Waals surface area contributed by atoms with Crippen LogP contribution >= 0.6 is 43.2 Å². The standard InChI is InChI=1S/C11H15Br2NOS/c12-8-5-7(16-11(8)13)6-14-9-3-1-2-4-10(9)15/h5,9-10,14-15H,1-4,6H2. The number of hydrogen-bond acceptors (Lipinski definition) is 3. The van der Waals surface area contributed by atoms with E-state index in [1.165, 1.54) is 11.3 Å². The zero-order chi connectivity index (χ0) is 11.5. The van der Waals surface area contributed by atoms with Crippen molar-refractivity contribution in [1.29, 1.82) is 0 Å². The molecule has 2 N–H and O–H groups in total. The topological polar surface area (TPSA) is 32.3 Å².